The third kappa shape index (κ3) is 5.06. The number of benzene rings is 1. The molecule has 1 aromatic carbocycles. The van der Waals surface area contributed by atoms with Gasteiger partial charge in [-0.25, -0.2) is 4.98 Å². The van der Waals surface area contributed by atoms with E-state index >= 15 is 0 Å². The van der Waals surface area contributed by atoms with Gasteiger partial charge in [0.2, 0.25) is 11.9 Å². The van der Waals surface area contributed by atoms with Crippen LogP contribution in [0, 0.1) is 0 Å². The number of halogens is 1. The van der Waals surface area contributed by atoms with Gasteiger partial charge in [0.1, 0.15) is 6.54 Å². The number of anilines is 2. The van der Waals surface area contributed by atoms with Crippen molar-refractivity contribution in [3.63, 3.8) is 0 Å². The summed E-state index contributed by atoms with van der Waals surface area (Å²) in [7, 11) is 1.54. The van der Waals surface area contributed by atoms with E-state index in [-0.39, 0.29) is 24.6 Å². The number of aromatic nitrogens is 2. The fraction of sp³-hybridized carbons (Fsp3) is 0.389. The molecule has 0 bridgehead atoms. The van der Waals surface area contributed by atoms with Gasteiger partial charge in [-0.3, -0.25) is 14.2 Å². The lowest BCUT2D eigenvalue weighted by molar-refractivity contribution is -0.116. The Morgan fingerprint density at radius 2 is 2.00 bits per heavy atom. The SMILES string of the molecule is COCc1cc(=O)n(CC(=O)Nc2ccc(Cl)cc2)c(N2CCOCC2)n1. The monoisotopic (exact) mass is 392 g/mol. The van der Waals surface area contributed by atoms with E-state index in [0.29, 0.717) is 48.7 Å². The number of hydrogen-bond acceptors (Lipinski definition) is 6. The van der Waals surface area contributed by atoms with Gasteiger partial charge in [-0.15, -0.1) is 0 Å². The molecular formula is C18H21ClN4O4. The molecule has 9 heteroatoms. The minimum Gasteiger partial charge on any atom is -0.378 e. The zero-order valence-electron chi connectivity index (χ0n) is 15.0. The van der Waals surface area contributed by atoms with Gasteiger partial charge in [0.15, 0.2) is 0 Å². The molecule has 3 rings (SSSR count). The molecule has 0 spiro atoms. The summed E-state index contributed by atoms with van der Waals surface area (Å²) in [5, 5.41) is 3.34. The fourth-order valence-electron chi connectivity index (χ4n) is 2.79. The van der Waals surface area contributed by atoms with Crippen LogP contribution in [0.4, 0.5) is 11.6 Å². The van der Waals surface area contributed by atoms with Gasteiger partial charge >= 0.3 is 0 Å². The van der Waals surface area contributed by atoms with Gasteiger partial charge in [0.05, 0.1) is 25.5 Å². The van der Waals surface area contributed by atoms with Crippen molar-refractivity contribution < 1.29 is 14.3 Å². The molecule has 1 aliphatic heterocycles. The second-order valence-corrected chi connectivity index (χ2v) is 6.50. The van der Waals surface area contributed by atoms with Crippen LogP contribution in [-0.4, -0.2) is 48.9 Å². The molecule has 0 radical (unpaired) electrons. The quantitative estimate of drug-likeness (QED) is 0.802. The van der Waals surface area contributed by atoms with Gasteiger partial charge in [0.25, 0.3) is 5.56 Å². The maximum atomic E-state index is 12.6. The van der Waals surface area contributed by atoms with E-state index in [0.717, 1.165) is 0 Å². The number of carbonyl (C=O) groups is 1. The number of ether oxygens (including phenoxy) is 2. The van der Waals surface area contributed by atoms with Gasteiger partial charge in [0, 0.05) is 37.0 Å². The average molecular weight is 393 g/mol. The lowest BCUT2D eigenvalue weighted by atomic mass is 10.3. The third-order valence-electron chi connectivity index (χ3n) is 4.06. The first-order valence-electron chi connectivity index (χ1n) is 8.54. The number of rotatable bonds is 6. The predicted octanol–water partition coefficient (Wildman–Crippen LogP) is 1.52. The molecule has 1 N–H and O–H groups in total. The van der Waals surface area contributed by atoms with E-state index in [4.69, 9.17) is 21.1 Å². The molecule has 1 saturated heterocycles. The van der Waals surface area contributed by atoms with Crippen LogP contribution in [0.5, 0.6) is 0 Å². The summed E-state index contributed by atoms with van der Waals surface area (Å²) in [5.41, 5.74) is 0.831. The molecule has 0 saturated carbocycles. The van der Waals surface area contributed by atoms with Crippen LogP contribution in [0.2, 0.25) is 5.02 Å². The maximum absolute atomic E-state index is 12.6. The maximum Gasteiger partial charge on any atom is 0.255 e. The van der Waals surface area contributed by atoms with E-state index in [1.165, 1.54) is 10.6 Å². The fourth-order valence-corrected chi connectivity index (χ4v) is 2.92. The van der Waals surface area contributed by atoms with Crippen molar-refractivity contribution in [3.8, 4) is 0 Å². The van der Waals surface area contributed by atoms with E-state index in [2.05, 4.69) is 10.3 Å². The van der Waals surface area contributed by atoms with Crippen LogP contribution in [0.15, 0.2) is 35.1 Å². The number of hydrogen-bond donors (Lipinski definition) is 1. The van der Waals surface area contributed by atoms with Gasteiger partial charge in [-0.2, -0.15) is 0 Å². The van der Waals surface area contributed by atoms with Crippen molar-refractivity contribution in [2.24, 2.45) is 0 Å². The number of morpholine rings is 1. The van der Waals surface area contributed by atoms with Crippen LogP contribution in [0.25, 0.3) is 0 Å². The second-order valence-electron chi connectivity index (χ2n) is 6.06. The Hall–Kier alpha value is -2.42. The highest BCUT2D eigenvalue weighted by atomic mass is 35.5. The molecule has 1 fully saturated rings. The number of nitrogens with one attached hydrogen (secondary N) is 1. The van der Waals surface area contributed by atoms with Crippen LogP contribution in [-0.2, 0) is 27.4 Å². The first-order valence-corrected chi connectivity index (χ1v) is 8.92. The molecule has 1 aromatic heterocycles. The smallest absolute Gasteiger partial charge is 0.255 e. The number of amides is 1. The number of nitrogens with zero attached hydrogens (tertiary/aromatic N) is 3. The summed E-state index contributed by atoms with van der Waals surface area (Å²) < 4.78 is 11.8. The zero-order valence-corrected chi connectivity index (χ0v) is 15.7. The Labute approximate surface area is 161 Å². The average Bonchev–Trinajstić information content (AvgIpc) is 2.66. The molecule has 2 aromatic rings. The molecule has 0 atom stereocenters. The molecule has 0 aliphatic carbocycles. The van der Waals surface area contributed by atoms with E-state index in [1.54, 1.807) is 31.4 Å². The van der Waals surface area contributed by atoms with Crippen molar-refractivity contribution >= 4 is 29.1 Å². The summed E-state index contributed by atoms with van der Waals surface area (Å²) >= 11 is 5.85. The molecule has 1 aliphatic rings. The molecule has 27 heavy (non-hydrogen) atoms. The zero-order chi connectivity index (χ0) is 19.2. The van der Waals surface area contributed by atoms with E-state index in [1.807, 2.05) is 4.90 Å². The normalized spacial score (nSPS) is 14.2. The summed E-state index contributed by atoms with van der Waals surface area (Å²) in [5.74, 6) is 0.124. The van der Waals surface area contributed by atoms with Gasteiger partial charge in [-0.05, 0) is 24.3 Å². The van der Waals surface area contributed by atoms with E-state index < -0.39 is 0 Å². The predicted molar refractivity (Wildman–Crippen MR) is 102 cm³/mol. The number of methoxy groups -OCH3 is 1. The summed E-state index contributed by atoms with van der Waals surface area (Å²) in [6.07, 6.45) is 0. The second kappa shape index (κ2) is 8.98. The molecular weight excluding hydrogens is 372 g/mol. The van der Waals surface area contributed by atoms with Crippen molar-refractivity contribution in [1.29, 1.82) is 0 Å². The molecule has 144 valence electrons. The molecule has 2 heterocycles. The van der Waals surface area contributed by atoms with Gasteiger partial charge in [-0.1, -0.05) is 11.6 Å². The van der Waals surface area contributed by atoms with Gasteiger partial charge < -0.3 is 19.7 Å². The Morgan fingerprint density at radius 3 is 2.67 bits per heavy atom. The van der Waals surface area contributed by atoms with Crippen molar-refractivity contribution in [2.75, 3.05) is 43.6 Å². The summed E-state index contributed by atoms with van der Waals surface area (Å²) in [6, 6.07) is 8.16. The Bertz CT molecular complexity index is 847. The highest BCUT2D eigenvalue weighted by molar-refractivity contribution is 6.30. The minimum absolute atomic E-state index is 0.144. The Kier molecular flexibility index (Phi) is 6.44. The van der Waals surface area contributed by atoms with Crippen molar-refractivity contribution in [1.82, 2.24) is 9.55 Å². The Balaban J connectivity index is 1.84. The van der Waals surface area contributed by atoms with Crippen LogP contribution < -0.4 is 15.8 Å². The minimum atomic E-state index is -0.324. The number of carbonyl (C=O) groups excluding carboxylic acids is 1. The van der Waals surface area contributed by atoms with Crippen LogP contribution in [0.1, 0.15) is 5.69 Å². The summed E-state index contributed by atoms with van der Waals surface area (Å²) in [4.78, 5) is 31.6. The highest BCUT2D eigenvalue weighted by Gasteiger charge is 2.20. The van der Waals surface area contributed by atoms with Crippen LogP contribution in [0.3, 0.4) is 0 Å². The van der Waals surface area contributed by atoms with Crippen molar-refractivity contribution in [3.05, 3.63) is 51.4 Å². The highest BCUT2D eigenvalue weighted by Crippen LogP contribution is 2.15. The lowest BCUT2D eigenvalue weighted by Crippen LogP contribution is -2.42. The molecule has 8 nitrogen and oxygen atoms in total. The van der Waals surface area contributed by atoms with Crippen molar-refractivity contribution in [2.45, 2.75) is 13.2 Å². The third-order valence-corrected chi connectivity index (χ3v) is 4.31. The molecule has 0 unspecified atom stereocenters. The molecule has 1 amide bonds. The van der Waals surface area contributed by atoms with Crippen LogP contribution >= 0.6 is 11.6 Å². The largest absolute Gasteiger partial charge is 0.378 e. The first kappa shape index (κ1) is 19.3. The Morgan fingerprint density at radius 1 is 1.30 bits per heavy atom. The lowest BCUT2D eigenvalue weighted by Gasteiger charge is -2.29. The first-order chi connectivity index (χ1) is 13.1. The standard InChI is InChI=1S/C18H21ClN4O4/c1-26-12-15-10-17(25)23(18(21-15)22-6-8-27-9-7-22)11-16(24)20-14-4-2-13(19)3-5-14/h2-5,10H,6-9,11-12H2,1H3,(H,20,24). The van der Waals surface area contributed by atoms with E-state index in [9.17, 15) is 9.59 Å². The topological polar surface area (TPSA) is 85.7 Å². The summed E-state index contributed by atoms with van der Waals surface area (Å²) in [6.45, 7) is 2.37.